The molecule has 0 aliphatic carbocycles. The van der Waals surface area contributed by atoms with Gasteiger partial charge in [-0.2, -0.15) is 5.10 Å². The van der Waals surface area contributed by atoms with Gasteiger partial charge in [0.1, 0.15) is 18.1 Å². The van der Waals surface area contributed by atoms with E-state index in [1.165, 1.54) is 30.5 Å². The topological polar surface area (TPSA) is 93.0 Å². The molecule has 1 aromatic heterocycles. The molecule has 0 unspecified atom stereocenters. The van der Waals surface area contributed by atoms with Crippen LogP contribution >= 0.6 is 0 Å². The van der Waals surface area contributed by atoms with Gasteiger partial charge in [-0.3, -0.25) is 9.10 Å². The smallest absolute Gasteiger partial charge is 0.264 e. The van der Waals surface area contributed by atoms with Crippen LogP contribution in [0.4, 0.5) is 10.1 Å². The molecule has 4 rings (SSSR count). The van der Waals surface area contributed by atoms with E-state index in [1.54, 1.807) is 48.5 Å². The summed E-state index contributed by atoms with van der Waals surface area (Å²) in [5, 5.41) is 4.08. The maximum atomic E-state index is 13.6. The number of aryl methyl sites for hydroxylation is 2. The first-order valence-corrected chi connectivity index (χ1v) is 14.1. The summed E-state index contributed by atoms with van der Waals surface area (Å²) in [6.45, 7) is 7.51. The standard InChI is InChI=1S/C30H31FN4O4S/c1-5-39-28-14-16-29(17-15-28)40(37,38)34(26-10-6-21(2)7-11-26)20-30(36)33-32-19-24-18-22(3)35(23(24)4)27-12-8-25(31)9-13-27/h6-19H,5,20H2,1-4H3,(H,33,36)/b32-19-. The number of benzene rings is 3. The van der Waals surface area contributed by atoms with Gasteiger partial charge in [-0.25, -0.2) is 18.2 Å². The van der Waals surface area contributed by atoms with E-state index in [4.69, 9.17) is 4.74 Å². The molecule has 10 heteroatoms. The van der Waals surface area contributed by atoms with Crippen LogP contribution in [0.3, 0.4) is 0 Å². The summed E-state index contributed by atoms with van der Waals surface area (Å²) in [6, 6.07) is 21.0. The molecule has 0 spiro atoms. The number of amides is 1. The van der Waals surface area contributed by atoms with Gasteiger partial charge in [-0.1, -0.05) is 17.7 Å². The Kier molecular flexibility index (Phi) is 8.69. The Morgan fingerprint density at radius 1 is 1.00 bits per heavy atom. The molecule has 0 radical (unpaired) electrons. The predicted molar refractivity (Wildman–Crippen MR) is 154 cm³/mol. The molecule has 1 N–H and O–H groups in total. The number of anilines is 1. The van der Waals surface area contributed by atoms with Crippen molar-refractivity contribution < 1.29 is 22.3 Å². The SMILES string of the molecule is CCOc1ccc(S(=O)(=O)N(CC(=O)N/N=C\c2cc(C)n(-c3ccc(F)cc3)c2C)c2ccc(C)cc2)cc1. The van der Waals surface area contributed by atoms with Crippen LogP contribution in [-0.2, 0) is 14.8 Å². The van der Waals surface area contributed by atoms with E-state index in [0.29, 0.717) is 18.0 Å². The zero-order valence-corrected chi connectivity index (χ0v) is 23.6. The van der Waals surface area contributed by atoms with Gasteiger partial charge in [-0.15, -0.1) is 0 Å². The van der Waals surface area contributed by atoms with Crippen LogP contribution in [0.15, 0.2) is 88.9 Å². The van der Waals surface area contributed by atoms with E-state index < -0.39 is 22.5 Å². The second-order valence-corrected chi connectivity index (χ2v) is 11.0. The zero-order valence-electron chi connectivity index (χ0n) is 22.8. The third-order valence-corrected chi connectivity index (χ3v) is 8.07. The summed E-state index contributed by atoms with van der Waals surface area (Å²) in [5.74, 6) is -0.382. The van der Waals surface area contributed by atoms with Gasteiger partial charge >= 0.3 is 0 Å². The summed E-state index contributed by atoms with van der Waals surface area (Å²) in [6.07, 6.45) is 1.50. The van der Waals surface area contributed by atoms with E-state index in [1.807, 2.05) is 38.3 Å². The van der Waals surface area contributed by atoms with Crippen molar-refractivity contribution in [2.24, 2.45) is 5.10 Å². The summed E-state index contributed by atoms with van der Waals surface area (Å²) in [7, 11) is -4.08. The van der Waals surface area contributed by atoms with Crippen molar-refractivity contribution in [1.82, 2.24) is 9.99 Å². The van der Waals surface area contributed by atoms with Crippen molar-refractivity contribution in [3.05, 3.63) is 107 Å². The number of carbonyl (C=O) groups excluding carboxylic acids is 1. The van der Waals surface area contributed by atoms with Gasteiger partial charge < -0.3 is 9.30 Å². The van der Waals surface area contributed by atoms with Crippen LogP contribution in [0.2, 0.25) is 0 Å². The van der Waals surface area contributed by atoms with E-state index in [-0.39, 0.29) is 10.7 Å². The molecule has 0 bridgehead atoms. The number of sulfonamides is 1. The van der Waals surface area contributed by atoms with E-state index >= 15 is 0 Å². The highest BCUT2D eigenvalue weighted by molar-refractivity contribution is 7.92. The number of ether oxygens (including phenoxy) is 1. The van der Waals surface area contributed by atoms with E-state index in [9.17, 15) is 17.6 Å². The number of hydrogen-bond donors (Lipinski definition) is 1. The second kappa shape index (κ2) is 12.2. The van der Waals surface area contributed by atoms with Gasteiger partial charge in [0.15, 0.2) is 0 Å². The number of carbonyl (C=O) groups is 1. The minimum Gasteiger partial charge on any atom is -0.494 e. The van der Waals surface area contributed by atoms with Gasteiger partial charge in [0, 0.05) is 22.6 Å². The van der Waals surface area contributed by atoms with Crippen LogP contribution < -0.4 is 14.5 Å². The van der Waals surface area contributed by atoms with Crippen LogP contribution in [0.1, 0.15) is 29.4 Å². The molecule has 40 heavy (non-hydrogen) atoms. The number of aromatic nitrogens is 1. The fourth-order valence-electron chi connectivity index (χ4n) is 4.27. The second-order valence-electron chi connectivity index (χ2n) is 9.18. The molecule has 8 nitrogen and oxygen atoms in total. The van der Waals surface area contributed by atoms with E-state index in [2.05, 4.69) is 10.5 Å². The highest BCUT2D eigenvalue weighted by atomic mass is 32.2. The monoisotopic (exact) mass is 562 g/mol. The number of nitrogens with zero attached hydrogens (tertiary/aromatic N) is 3. The minimum absolute atomic E-state index is 0.0288. The first kappa shape index (κ1) is 28.6. The van der Waals surface area contributed by atoms with Gasteiger partial charge in [-0.05, 0) is 94.4 Å². The number of nitrogens with one attached hydrogen (secondary N) is 1. The number of hydrogen-bond acceptors (Lipinski definition) is 5. The molecule has 0 fully saturated rings. The average Bonchev–Trinajstić information content (AvgIpc) is 3.21. The molecular formula is C30H31FN4O4S. The molecule has 0 aliphatic heterocycles. The maximum absolute atomic E-state index is 13.6. The summed E-state index contributed by atoms with van der Waals surface area (Å²) in [5.41, 5.74) is 7.05. The molecule has 1 amide bonds. The molecule has 1 heterocycles. The fraction of sp³-hybridized carbons (Fsp3) is 0.200. The lowest BCUT2D eigenvalue weighted by atomic mass is 10.2. The Bertz CT molecular complexity index is 1610. The predicted octanol–water partition coefficient (Wildman–Crippen LogP) is 5.29. The first-order valence-electron chi connectivity index (χ1n) is 12.7. The molecule has 0 atom stereocenters. The van der Waals surface area contributed by atoms with Crippen molar-refractivity contribution in [2.45, 2.75) is 32.6 Å². The van der Waals surface area contributed by atoms with Crippen LogP contribution in [-0.4, -0.2) is 38.3 Å². The van der Waals surface area contributed by atoms with Crippen LogP contribution in [0.25, 0.3) is 5.69 Å². The molecule has 4 aromatic rings. The number of rotatable bonds is 10. The van der Waals surface area contributed by atoms with Gasteiger partial charge in [0.05, 0.1) is 23.4 Å². The van der Waals surface area contributed by atoms with Crippen molar-refractivity contribution in [2.75, 3.05) is 17.5 Å². The Morgan fingerprint density at radius 2 is 1.65 bits per heavy atom. The molecule has 0 aliphatic rings. The average molecular weight is 563 g/mol. The molecule has 0 saturated heterocycles. The maximum Gasteiger partial charge on any atom is 0.264 e. The van der Waals surface area contributed by atoms with Crippen molar-refractivity contribution in [1.29, 1.82) is 0 Å². The van der Waals surface area contributed by atoms with Gasteiger partial charge in [0.2, 0.25) is 0 Å². The van der Waals surface area contributed by atoms with Crippen molar-refractivity contribution in [3.8, 4) is 11.4 Å². The molecule has 208 valence electrons. The lowest BCUT2D eigenvalue weighted by molar-refractivity contribution is -0.119. The minimum atomic E-state index is -4.08. The highest BCUT2D eigenvalue weighted by Gasteiger charge is 2.27. The number of halogens is 1. The van der Waals surface area contributed by atoms with Crippen molar-refractivity contribution in [3.63, 3.8) is 0 Å². The third-order valence-electron chi connectivity index (χ3n) is 6.28. The van der Waals surface area contributed by atoms with Gasteiger partial charge in [0.25, 0.3) is 15.9 Å². The number of hydrazone groups is 1. The highest BCUT2D eigenvalue weighted by Crippen LogP contribution is 2.26. The van der Waals surface area contributed by atoms with Crippen LogP contribution in [0.5, 0.6) is 5.75 Å². The molecular weight excluding hydrogens is 531 g/mol. The van der Waals surface area contributed by atoms with Crippen LogP contribution in [0, 0.1) is 26.6 Å². The lowest BCUT2D eigenvalue weighted by Crippen LogP contribution is -2.39. The lowest BCUT2D eigenvalue weighted by Gasteiger charge is -2.24. The Hall–Kier alpha value is -4.44. The normalized spacial score (nSPS) is 11.5. The Morgan fingerprint density at radius 3 is 2.27 bits per heavy atom. The van der Waals surface area contributed by atoms with Crippen molar-refractivity contribution >= 4 is 27.8 Å². The Labute approximate surface area is 233 Å². The Balaban J connectivity index is 1.54. The molecule has 0 saturated carbocycles. The summed E-state index contributed by atoms with van der Waals surface area (Å²) in [4.78, 5) is 12.9. The van der Waals surface area contributed by atoms with E-state index in [0.717, 1.165) is 32.5 Å². The first-order chi connectivity index (χ1) is 19.1. The molecule has 3 aromatic carbocycles. The summed E-state index contributed by atoms with van der Waals surface area (Å²) >= 11 is 0. The quantitative estimate of drug-likeness (QED) is 0.210. The zero-order chi connectivity index (χ0) is 28.9. The third kappa shape index (κ3) is 6.40. The fourth-order valence-corrected chi connectivity index (χ4v) is 5.69. The summed E-state index contributed by atoms with van der Waals surface area (Å²) < 4.78 is 49.0. The largest absolute Gasteiger partial charge is 0.494 e.